The smallest absolute Gasteiger partial charge is 0.258 e. The third-order valence-corrected chi connectivity index (χ3v) is 4.68. The first-order valence-corrected chi connectivity index (χ1v) is 9.98. The van der Waals surface area contributed by atoms with E-state index in [9.17, 15) is 9.59 Å². The molecule has 5 nitrogen and oxygen atoms in total. The van der Waals surface area contributed by atoms with Crippen molar-refractivity contribution in [3.8, 4) is 5.75 Å². The van der Waals surface area contributed by atoms with Gasteiger partial charge in [-0.05, 0) is 36.6 Å². The van der Waals surface area contributed by atoms with Crippen molar-refractivity contribution in [3.05, 3.63) is 102 Å². The van der Waals surface area contributed by atoms with Crippen LogP contribution in [0.2, 0.25) is 0 Å². The van der Waals surface area contributed by atoms with Crippen LogP contribution in [0.25, 0.3) is 0 Å². The quantitative estimate of drug-likeness (QED) is 0.574. The molecule has 0 aliphatic heterocycles. The van der Waals surface area contributed by atoms with Crippen molar-refractivity contribution < 1.29 is 14.3 Å². The maximum atomic E-state index is 12.8. The normalized spacial score (nSPS) is 12.4. The van der Waals surface area contributed by atoms with Gasteiger partial charge in [-0.15, -0.1) is 0 Å². The number of hydrogen-bond acceptors (Lipinski definition) is 3. The van der Waals surface area contributed by atoms with Crippen LogP contribution in [-0.4, -0.2) is 24.5 Å². The highest BCUT2D eigenvalue weighted by Gasteiger charge is 2.21. The monoisotopic (exact) mass is 402 g/mol. The minimum atomic E-state index is -0.682. The molecule has 0 saturated heterocycles. The van der Waals surface area contributed by atoms with E-state index in [2.05, 4.69) is 10.6 Å². The molecule has 0 bridgehead atoms. The molecule has 2 unspecified atom stereocenters. The lowest BCUT2D eigenvalue weighted by molar-refractivity contribution is -0.130. The Bertz CT molecular complexity index is 930. The summed E-state index contributed by atoms with van der Waals surface area (Å²) in [6.07, 6.45) is 0.661. The molecule has 2 amide bonds. The summed E-state index contributed by atoms with van der Waals surface area (Å²) in [6, 6.07) is 28.0. The molecule has 154 valence electrons. The Morgan fingerprint density at radius 1 is 0.800 bits per heavy atom. The summed E-state index contributed by atoms with van der Waals surface area (Å²) in [5.74, 6) is 0.0189. The topological polar surface area (TPSA) is 67.4 Å². The average molecular weight is 402 g/mol. The van der Waals surface area contributed by atoms with Gasteiger partial charge in [-0.3, -0.25) is 9.59 Å². The van der Waals surface area contributed by atoms with E-state index < -0.39 is 6.04 Å². The van der Waals surface area contributed by atoms with Gasteiger partial charge < -0.3 is 15.4 Å². The van der Waals surface area contributed by atoms with Crippen LogP contribution >= 0.6 is 0 Å². The maximum absolute atomic E-state index is 12.8. The van der Waals surface area contributed by atoms with E-state index in [1.54, 1.807) is 19.1 Å². The van der Waals surface area contributed by atoms with E-state index in [1.165, 1.54) is 0 Å². The van der Waals surface area contributed by atoms with Crippen molar-refractivity contribution in [3.63, 3.8) is 0 Å². The summed E-state index contributed by atoms with van der Waals surface area (Å²) in [5.41, 5.74) is 2.14. The number of benzene rings is 3. The second kappa shape index (κ2) is 10.8. The van der Waals surface area contributed by atoms with E-state index in [0.717, 1.165) is 11.1 Å². The molecule has 30 heavy (non-hydrogen) atoms. The highest BCUT2D eigenvalue weighted by atomic mass is 16.5. The zero-order valence-corrected chi connectivity index (χ0v) is 17.0. The van der Waals surface area contributed by atoms with Crippen molar-refractivity contribution in [1.29, 1.82) is 0 Å². The molecule has 5 heteroatoms. The Morgan fingerprint density at radius 2 is 1.37 bits per heavy atom. The van der Waals surface area contributed by atoms with E-state index in [4.69, 9.17) is 4.74 Å². The number of carbonyl (C=O) groups excluding carboxylic acids is 2. The molecule has 0 radical (unpaired) electrons. The third-order valence-electron chi connectivity index (χ3n) is 4.68. The van der Waals surface area contributed by atoms with Crippen LogP contribution < -0.4 is 15.4 Å². The van der Waals surface area contributed by atoms with Crippen molar-refractivity contribution in [2.75, 3.05) is 6.61 Å². The summed E-state index contributed by atoms with van der Waals surface area (Å²) in [7, 11) is 0. The zero-order chi connectivity index (χ0) is 21.2. The Balaban J connectivity index is 1.58. The Kier molecular flexibility index (Phi) is 7.61. The molecule has 2 N–H and O–H groups in total. The first kappa shape index (κ1) is 21.1. The van der Waals surface area contributed by atoms with Crippen LogP contribution in [-0.2, 0) is 16.0 Å². The molecule has 3 aromatic rings. The number of para-hydroxylation sites is 1. The highest BCUT2D eigenvalue weighted by Crippen LogP contribution is 2.18. The lowest BCUT2D eigenvalue weighted by atomic mass is 9.98. The Labute approximate surface area is 177 Å². The van der Waals surface area contributed by atoms with Crippen LogP contribution in [0.4, 0.5) is 0 Å². The van der Waals surface area contributed by atoms with Crippen molar-refractivity contribution in [1.82, 2.24) is 10.6 Å². The second-order valence-corrected chi connectivity index (χ2v) is 7.05. The van der Waals surface area contributed by atoms with Crippen LogP contribution in [0, 0.1) is 0 Å². The van der Waals surface area contributed by atoms with Crippen LogP contribution in [0.3, 0.4) is 0 Å². The minimum Gasteiger partial charge on any atom is -0.484 e. The van der Waals surface area contributed by atoms with Crippen LogP contribution in [0.15, 0.2) is 91.0 Å². The third kappa shape index (κ3) is 6.48. The van der Waals surface area contributed by atoms with Gasteiger partial charge in [-0.1, -0.05) is 78.9 Å². The van der Waals surface area contributed by atoms with Gasteiger partial charge in [0.1, 0.15) is 11.8 Å². The van der Waals surface area contributed by atoms with Gasteiger partial charge >= 0.3 is 0 Å². The minimum absolute atomic E-state index is 0.145. The number of hydrogen-bond donors (Lipinski definition) is 2. The van der Waals surface area contributed by atoms with E-state index in [1.807, 2.05) is 78.9 Å². The molecule has 3 aromatic carbocycles. The van der Waals surface area contributed by atoms with Gasteiger partial charge in [0.15, 0.2) is 6.61 Å². The Morgan fingerprint density at radius 3 is 2.00 bits per heavy atom. The predicted octanol–water partition coefficient (Wildman–Crippen LogP) is 3.67. The molecule has 0 aliphatic rings. The first-order chi connectivity index (χ1) is 14.6. The molecule has 2 atom stereocenters. The maximum Gasteiger partial charge on any atom is 0.258 e. The number of amides is 2. The number of rotatable bonds is 9. The largest absolute Gasteiger partial charge is 0.484 e. The standard InChI is InChI=1S/C25H26N2O3/c1-19(26-24(28)18-30-22-15-9-4-10-16-22)25(29)27-23(21-13-7-3-8-14-21)17-20-11-5-2-6-12-20/h2-16,19,23H,17-18H2,1H3,(H,26,28)(H,27,29). The molecular formula is C25H26N2O3. The number of carbonyl (C=O) groups is 2. The molecule has 0 aliphatic carbocycles. The summed E-state index contributed by atoms with van der Waals surface area (Å²) in [6.45, 7) is 1.52. The average Bonchev–Trinajstić information content (AvgIpc) is 2.79. The summed E-state index contributed by atoms with van der Waals surface area (Å²) in [4.78, 5) is 24.9. The molecule has 0 saturated carbocycles. The van der Waals surface area contributed by atoms with Gasteiger partial charge in [0.25, 0.3) is 5.91 Å². The highest BCUT2D eigenvalue weighted by molar-refractivity contribution is 5.88. The molecular weight excluding hydrogens is 376 g/mol. The van der Waals surface area contributed by atoms with Gasteiger partial charge in [-0.2, -0.15) is 0 Å². The van der Waals surface area contributed by atoms with E-state index in [-0.39, 0.29) is 24.5 Å². The van der Waals surface area contributed by atoms with Gasteiger partial charge in [-0.25, -0.2) is 0 Å². The first-order valence-electron chi connectivity index (χ1n) is 9.98. The fraction of sp³-hybridized carbons (Fsp3) is 0.200. The SMILES string of the molecule is CC(NC(=O)COc1ccccc1)C(=O)NC(Cc1ccccc1)c1ccccc1. The van der Waals surface area contributed by atoms with E-state index in [0.29, 0.717) is 12.2 Å². The zero-order valence-electron chi connectivity index (χ0n) is 17.0. The summed E-state index contributed by atoms with van der Waals surface area (Å²) in [5, 5.41) is 5.76. The predicted molar refractivity (Wildman–Crippen MR) is 117 cm³/mol. The summed E-state index contributed by atoms with van der Waals surface area (Å²) >= 11 is 0. The second-order valence-electron chi connectivity index (χ2n) is 7.05. The summed E-state index contributed by atoms with van der Waals surface area (Å²) < 4.78 is 5.43. The van der Waals surface area contributed by atoms with Crippen molar-refractivity contribution in [2.24, 2.45) is 0 Å². The molecule has 3 rings (SSSR count). The van der Waals surface area contributed by atoms with E-state index >= 15 is 0 Å². The molecule has 0 spiro atoms. The van der Waals surface area contributed by atoms with Crippen molar-refractivity contribution >= 4 is 11.8 Å². The lowest BCUT2D eigenvalue weighted by Crippen LogP contribution is -2.47. The van der Waals surface area contributed by atoms with Gasteiger partial charge in [0.05, 0.1) is 6.04 Å². The Hall–Kier alpha value is -3.60. The number of ether oxygens (including phenoxy) is 1. The fourth-order valence-electron chi connectivity index (χ4n) is 3.10. The van der Waals surface area contributed by atoms with Crippen molar-refractivity contribution in [2.45, 2.75) is 25.4 Å². The molecule has 0 aromatic heterocycles. The van der Waals surface area contributed by atoms with Crippen LogP contribution in [0.5, 0.6) is 5.75 Å². The molecule has 0 fully saturated rings. The fourth-order valence-corrected chi connectivity index (χ4v) is 3.10. The molecule has 0 heterocycles. The number of nitrogens with one attached hydrogen (secondary N) is 2. The van der Waals surface area contributed by atoms with Gasteiger partial charge in [0, 0.05) is 0 Å². The lowest BCUT2D eigenvalue weighted by Gasteiger charge is -2.22. The van der Waals surface area contributed by atoms with Gasteiger partial charge in [0.2, 0.25) is 5.91 Å². The van der Waals surface area contributed by atoms with Crippen LogP contribution in [0.1, 0.15) is 24.1 Å².